The molecule has 0 saturated carbocycles. The van der Waals surface area contributed by atoms with Gasteiger partial charge in [0.1, 0.15) is 0 Å². The van der Waals surface area contributed by atoms with E-state index in [1.807, 2.05) is 0 Å². The van der Waals surface area contributed by atoms with Gasteiger partial charge in [-0.15, -0.1) is 0 Å². The molecule has 1 heteroatoms. The number of hydrogen-bond donors (Lipinski definition) is 0. The third-order valence-electron chi connectivity index (χ3n) is 3.68. The molecule has 0 aliphatic heterocycles. The van der Waals surface area contributed by atoms with Crippen LogP contribution in [0.4, 0.5) is 0 Å². The molecule has 3 rings (SSSR count). The van der Waals surface area contributed by atoms with E-state index in [0.29, 0.717) is 0 Å². The first kappa shape index (κ1) is 13.4. The molecule has 1 aromatic rings. The third kappa shape index (κ3) is 3.10. The summed E-state index contributed by atoms with van der Waals surface area (Å²) in [5, 5.41) is 0. The van der Waals surface area contributed by atoms with E-state index < -0.39 is 0 Å². The lowest BCUT2D eigenvalue weighted by Gasteiger charge is -2.10. The summed E-state index contributed by atoms with van der Waals surface area (Å²) in [6.07, 6.45) is 18.6. The van der Waals surface area contributed by atoms with Crippen molar-refractivity contribution in [1.82, 2.24) is 0 Å². The van der Waals surface area contributed by atoms with E-state index in [4.69, 9.17) is 0 Å². The summed E-state index contributed by atoms with van der Waals surface area (Å²) in [5.41, 5.74) is 5.36. The molecule has 0 bridgehead atoms. The number of benzene rings is 1. The van der Waals surface area contributed by atoms with E-state index in [1.54, 1.807) is 0 Å². The highest BCUT2D eigenvalue weighted by molar-refractivity contribution is 9.11. The first-order valence-corrected chi connectivity index (χ1v) is 7.83. The quantitative estimate of drug-likeness (QED) is 0.621. The molecule has 0 amide bonds. The maximum atomic E-state index is 3.53. The van der Waals surface area contributed by atoms with Gasteiger partial charge in [-0.2, -0.15) is 0 Å². The van der Waals surface area contributed by atoms with Gasteiger partial charge in [0.2, 0.25) is 0 Å². The molecular weight excluding hydrogens is 308 g/mol. The lowest BCUT2D eigenvalue weighted by molar-refractivity contribution is 1.05. The minimum absolute atomic E-state index is 0.973. The SMILES string of the molecule is BrC1=CCC=C(c2ccc(C3=CC=CCC3)cc2)C=C1. The summed E-state index contributed by atoms with van der Waals surface area (Å²) in [7, 11) is 0. The topological polar surface area (TPSA) is 0 Å². The summed E-state index contributed by atoms with van der Waals surface area (Å²) in [6.45, 7) is 0. The van der Waals surface area contributed by atoms with Crippen LogP contribution in [0.25, 0.3) is 11.1 Å². The molecule has 0 aromatic heterocycles. The zero-order valence-corrected chi connectivity index (χ0v) is 12.9. The van der Waals surface area contributed by atoms with Crippen LogP contribution in [0.5, 0.6) is 0 Å². The highest BCUT2D eigenvalue weighted by Crippen LogP contribution is 2.27. The molecule has 2 aliphatic rings. The van der Waals surface area contributed by atoms with Crippen LogP contribution in [-0.4, -0.2) is 0 Å². The van der Waals surface area contributed by atoms with Gasteiger partial charge in [0.05, 0.1) is 0 Å². The Labute approximate surface area is 129 Å². The second-order valence-corrected chi connectivity index (χ2v) is 5.97. The fraction of sp³-hybridized carbons (Fsp3) is 0.158. The maximum Gasteiger partial charge on any atom is 0.0138 e. The van der Waals surface area contributed by atoms with Crippen molar-refractivity contribution in [3.63, 3.8) is 0 Å². The van der Waals surface area contributed by atoms with Gasteiger partial charge in [0.25, 0.3) is 0 Å². The van der Waals surface area contributed by atoms with Crippen LogP contribution < -0.4 is 0 Å². The van der Waals surface area contributed by atoms with Crippen LogP contribution in [0.2, 0.25) is 0 Å². The summed E-state index contributed by atoms with van der Waals surface area (Å²) in [6, 6.07) is 8.93. The Morgan fingerprint density at radius 3 is 2.45 bits per heavy atom. The van der Waals surface area contributed by atoms with Gasteiger partial charge in [-0.25, -0.2) is 0 Å². The Kier molecular flexibility index (Phi) is 4.17. The molecule has 20 heavy (non-hydrogen) atoms. The van der Waals surface area contributed by atoms with Crippen LogP contribution in [0, 0.1) is 0 Å². The molecule has 0 atom stereocenters. The molecule has 0 N–H and O–H groups in total. The molecule has 0 radical (unpaired) electrons. The summed E-state index contributed by atoms with van der Waals surface area (Å²) >= 11 is 3.53. The molecule has 100 valence electrons. The van der Waals surface area contributed by atoms with Crippen LogP contribution in [0.3, 0.4) is 0 Å². The first-order valence-electron chi connectivity index (χ1n) is 7.03. The van der Waals surface area contributed by atoms with Crippen molar-refractivity contribution in [2.24, 2.45) is 0 Å². The number of rotatable bonds is 2. The van der Waals surface area contributed by atoms with Crippen molar-refractivity contribution < 1.29 is 0 Å². The highest BCUT2D eigenvalue weighted by Gasteiger charge is 2.05. The molecule has 2 aliphatic carbocycles. The Morgan fingerprint density at radius 1 is 0.900 bits per heavy atom. The smallest absolute Gasteiger partial charge is 0.0138 e. The van der Waals surface area contributed by atoms with Crippen LogP contribution in [0.1, 0.15) is 30.4 Å². The Morgan fingerprint density at radius 2 is 1.70 bits per heavy atom. The van der Waals surface area contributed by atoms with Crippen molar-refractivity contribution in [1.29, 1.82) is 0 Å². The van der Waals surface area contributed by atoms with E-state index in [2.05, 4.69) is 82.7 Å². The van der Waals surface area contributed by atoms with Crippen molar-refractivity contribution in [3.05, 3.63) is 82.4 Å². The molecule has 0 unspecified atom stereocenters. The third-order valence-corrected chi connectivity index (χ3v) is 4.26. The molecule has 0 heterocycles. The number of hydrogen-bond acceptors (Lipinski definition) is 0. The van der Waals surface area contributed by atoms with Crippen molar-refractivity contribution in [3.8, 4) is 0 Å². The highest BCUT2D eigenvalue weighted by atomic mass is 79.9. The average molecular weight is 325 g/mol. The lowest BCUT2D eigenvalue weighted by Crippen LogP contribution is -1.89. The summed E-state index contributed by atoms with van der Waals surface area (Å²) in [4.78, 5) is 0. The monoisotopic (exact) mass is 324 g/mol. The van der Waals surface area contributed by atoms with Gasteiger partial charge >= 0.3 is 0 Å². The normalized spacial score (nSPS) is 18.1. The predicted octanol–water partition coefficient (Wildman–Crippen LogP) is 6.04. The lowest BCUT2D eigenvalue weighted by atomic mass is 9.95. The molecule has 1 aromatic carbocycles. The van der Waals surface area contributed by atoms with E-state index in [1.165, 1.54) is 22.3 Å². The van der Waals surface area contributed by atoms with E-state index >= 15 is 0 Å². The van der Waals surface area contributed by atoms with Gasteiger partial charge in [-0.3, -0.25) is 0 Å². The van der Waals surface area contributed by atoms with Crippen molar-refractivity contribution in [2.75, 3.05) is 0 Å². The van der Waals surface area contributed by atoms with E-state index in [-0.39, 0.29) is 0 Å². The van der Waals surface area contributed by atoms with Gasteiger partial charge in [-0.05, 0) is 47.6 Å². The maximum absolute atomic E-state index is 3.53. The molecule has 0 nitrogen and oxygen atoms in total. The van der Waals surface area contributed by atoms with Gasteiger partial charge in [-0.1, -0.05) is 76.7 Å². The van der Waals surface area contributed by atoms with Crippen LogP contribution in [0.15, 0.2) is 71.3 Å². The molecular formula is C19H17Br. The van der Waals surface area contributed by atoms with Crippen molar-refractivity contribution >= 4 is 27.1 Å². The number of halogens is 1. The Bertz CT molecular complexity index is 637. The fourth-order valence-corrected chi connectivity index (χ4v) is 2.86. The van der Waals surface area contributed by atoms with E-state index in [9.17, 15) is 0 Å². The molecule has 0 saturated heterocycles. The zero-order chi connectivity index (χ0) is 13.8. The largest absolute Gasteiger partial charge is 0.0842 e. The average Bonchev–Trinajstić information content (AvgIpc) is 2.73. The van der Waals surface area contributed by atoms with Crippen LogP contribution >= 0.6 is 15.9 Å². The molecule has 0 spiro atoms. The summed E-state index contributed by atoms with van der Waals surface area (Å²) < 4.78 is 1.15. The minimum atomic E-state index is 0.973. The standard InChI is InChI=1S/C19H17Br/c20-19-8-4-7-16(13-14-19)18-11-9-17(10-12-18)15-5-2-1-3-6-15/h1-2,5,7-14H,3-4,6H2. The summed E-state index contributed by atoms with van der Waals surface area (Å²) in [5.74, 6) is 0. The van der Waals surface area contributed by atoms with Gasteiger partial charge in [0, 0.05) is 4.48 Å². The van der Waals surface area contributed by atoms with Gasteiger partial charge < -0.3 is 0 Å². The van der Waals surface area contributed by atoms with Crippen LogP contribution in [-0.2, 0) is 0 Å². The van der Waals surface area contributed by atoms with E-state index in [0.717, 1.165) is 23.7 Å². The minimum Gasteiger partial charge on any atom is -0.0842 e. The first-order chi connectivity index (χ1) is 9.83. The Hall–Kier alpha value is -1.60. The second kappa shape index (κ2) is 6.23. The molecule has 0 fully saturated rings. The van der Waals surface area contributed by atoms with Gasteiger partial charge in [0.15, 0.2) is 0 Å². The predicted molar refractivity (Wildman–Crippen MR) is 91.5 cm³/mol. The Balaban J connectivity index is 1.83. The zero-order valence-electron chi connectivity index (χ0n) is 11.4. The fourth-order valence-electron chi connectivity index (χ4n) is 2.54. The van der Waals surface area contributed by atoms with Crippen molar-refractivity contribution in [2.45, 2.75) is 19.3 Å². The second-order valence-electron chi connectivity index (χ2n) is 5.05. The number of allylic oxidation sites excluding steroid dienone is 10.